The highest BCUT2D eigenvalue weighted by molar-refractivity contribution is 7.89. The Morgan fingerprint density at radius 3 is 2.53 bits per heavy atom. The molecule has 1 N–H and O–H groups in total. The first-order chi connectivity index (χ1) is 8.01. The number of aromatic nitrogens is 2. The molecule has 2 heterocycles. The van der Waals surface area contributed by atoms with Crippen molar-refractivity contribution in [2.45, 2.75) is 23.9 Å². The number of sulfonamides is 1. The third kappa shape index (κ3) is 2.51. The number of aromatic amines is 1. The molecule has 1 aromatic rings. The van der Waals surface area contributed by atoms with Gasteiger partial charge < -0.3 is 9.88 Å². The number of hydrogen-bond donors (Lipinski definition) is 1. The average Bonchev–Trinajstić information content (AvgIpc) is 2.83. The van der Waals surface area contributed by atoms with Gasteiger partial charge in [0.1, 0.15) is 0 Å². The lowest BCUT2D eigenvalue weighted by Gasteiger charge is -2.34. The summed E-state index contributed by atoms with van der Waals surface area (Å²) in [6, 6.07) is 0.475. The van der Waals surface area contributed by atoms with Crippen molar-refractivity contribution in [1.29, 1.82) is 0 Å². The minimum atomic E-state index is -3.37. The highest BCUT2D eigenvalue weighted by Gasteiger charge is 2.30. The molecule has 2 rings (SSSR count). The Morgan fingerprint density at radius 2 is 2.06 bits per heavy atom. The summed E-state index contributed by atoms with van der Waals surface area (Å²) < 4.78 is 25.9. The summed E-state index contributed by atoms with van der Waals surface area (Å²) in [6.07, 6.45) is 4.49. The Kier molecular flexibility index (Phi) is 3.50. The van der Waals surface area contributed by atoms with Gasteiger partial charge in [-0.1, -0.05) is 0 Å². The van der Waals surface area contributed by atoms with Crippen LogP contribution in [-0.4, -0.2) is 60.8 Å². The summed E-state index contributed by atoms with van der Waals surface area (Å²) in [6.45, 7) is 1.15. The number of H-pyrrole nitrogens is 1. The standard InChI is InChI=1S/C10H18N4O2S/c1-13(2)9-3-5-14(6-4-9)17(15,16)10-7-11-8-12-10/h7-9H,3-6H2,1-2H3,(H,11,12). The summed E-state index contributed by atoms with van der Waals surface area (Å²) in [4.78, 5) is 8.57. The second-order valence-electron chi connectivity index (χ2n) is 4.51. The molecule has 0 bridgehead atoms. The molecule has 1 saturated heterocycles. The van der Waals surface area contributed by atoms with Crippen molar-refractivity contribution in [1.82, 2.24) is 19.2 Å². The predicted molar refractivity (Wildman–Crippen MR) is 64.1 cm³/mol. The van der Waals surface area contributed by atoms with Gasteiger partial charge in [0, 0.05) is 19.1 Å². The normalized spacial score (nSPS) is 19.9. The lowest BCUT2D eigenvalue weighted by molar-refractivity contribution is 0.196. The first-order valence-electron chi connectivity index (χ1n) is 5.67. The molecule has 96 valence electrons. The van der Waals surface area contributed by atoms with Crippen molar-refractivity contribution in [2.24, 2.45) is 0 Å². The number of hydrogen-bond acceptors (Lipinski definition) is 4. The smallest absolute Gasteiger partial charge is 0.260 e. The topological polar surface area (TPSA) is 69.3 Å². The fourth-order valence-electron chi connectivity index (χ4n) is 2.12. The molecule has 0 amide bonds. The van der Waals surface area contributed by atoms with Crippen LogP contribution in [-0.2, 0) is 10.0 Å². The van der Waals surface area contributed by atoms with Gasteiger partial charge >= 0.3 is 0 Å². The Hall–Kier alpha value is -0.920. The Morgan fingerprint density at radius 1 is 1.41 bits per heavy atom. The van der Waals surface area contributed by atoms with E-state index >= 15 is 0 Å². The van der Waals surface area contributed by atoms with Gasteiger partial charge in [0.05, 0.1) is 12.5 Å². The molecule has 0 aliphatic carbocycles. The van der Waals surface area contributed by atoms with Crippen molar-refractivity contribution in [3.63, 3.8) is 0 Å². The molecule has 0 atom stereocenters. The van der Waals surface area contributed by atoms with Crippen molar-refractivity contribution in [3.05, 3.63) is 12.5 Å². The van der Waals surface area contributed by atoms with E-state index < -0.39 is 10.0 Å². The van der Waals surface area contributed by atoms with Crippen LogP contribution in [0.3, 0.4) is 0 Å². The van der Waals surface area contributed by atoms with Gasteiger partial charge in [0.2, 0.25) is 0 Å². The molecule has 17 heavy (non-hydrogen) atoms. The SMILES string of the molecule is CN(C)C1CCN(S(=O)(=O)c2cnc[nH]2)CC1. The Bertz CT molecular complexity index is 447. The zero-order chi connectivity index (χ0) is 12.5. The van der Waals surface area contributed by atoms with Crippen molar-refractivity contribution in [3.8, 4) is 0 Å². The van der Waals surface area contributed by atoms with Crippen LogP contribution in [0.1, 0.15) is 12.8 Å². The van der Waals surface area contributed by atoms with E-state index in [1.54, 1.807) is 0 Å². The molecular formula is C10H18N4O2S. The van der Waals surface area contributed by atoms with E-state index in [1.165, 1.54) is 16.8 Å². The van der Waals surface area contributed by atoms with Crippen LogP contribution in [0, 0.1) is 0 Å². The summed E-state index contributed by atoms with van der Waals surface area (Å²) >= 11 is 0. The Labute approximate surface area is 102 Å². The third-order valence-electron chi connectivity index (χ3n) is 3.24. The largest absolute Gasteiger partial charge is 0.335 e. The number of nitrogens with one attached hydrogen (secondary N) is 1. The quantitative estimate of drug-likeness (QED) is 0.836. The predicted octanol–water partition coefficient (Wildman–Crippen LogP) is 0.124. The Balaban J connectivity index is 2.07. The average molecular weight is 258 g/mol. The van der Waals surface area contributed by atoms with Crippen LogP contribution in [0.25, 0.3) is 0 Å². The number of piperidine rings is 1. The van der Waals surface area contributed by atoms with E-state index in [2.05, 4.69) is 14.9 Å². The fraction of sp³-hybridized carbons (Fsp3) is 0.700. The van der Waals surface area contributed by atoms with E-state index in [0.29, 0.717) is 19.1 Å². The molecular weight excluding hydrogens is 240 g/mol. The monoisotopic (exact) mass is 258 g/mol. The van der Waals surface area contributed by atoms with Gasteiger partial charge in [-0.3, -0.25) is 0 Å². The van der Waals surface area contributed by atoms with Gasteiger partial charge in [0.15, 0.2) is 5.03 Å². The van der Waals surface area contributed by atoms with E-state index in [0.717, 1.165) is 12.8 Å². The summed E-state index contributed by atoms with van der Waals surface area (Å²) in [7, 11) is 0.692. The highest BCUT2D eigenvalue weighted by atomic mass is 32.2. The van der Waals surface area contributed by atoms with Gasteiger partial charge in [-0.05, 0) is 26.9 Å². The molecule has 0 unspecified atom stereocenters. The first kappa shape index (κ1) is 12.5. The molecule has 0 radical (unpaired) electrons. The molecule has 0 saturated carbocycles. The van der Waals surface area contributed by atoms with Crippen LogP contribution >= 0.6 is 0 Å². The maximum Gasteiger partial charge on any atom is 0.260 e. The van der Waals surface area contributed by atoms with Crippen LogP contribution in [0.5, 0.6) is 0 Å². The molecule has 1 fully saturated rings. The minimum absolute atomic E-state index is 0.181. The number of imidazole rings is 1. The molecule has 1 aliphatic heterocycles. The first-order valence-corrected chi connectivity index (χ1v) is 7.11. The molecule has 0 aromatic carbocycles. The van der Waals surface area contributed by atoms with Gasteiger partial charge in [-0.15, -0.1) is 0 Å². The molecule has 6 nitrogen and oxygen atoms in total. The zero-order valence-electron chi connectivity index (χ0n) is 10.1. The maximum absolute atomic E-state index is 12.2. The van der Waals surface area contributed by atoms with Crippen LogP contribution in [0.4, 0.5) is 0 Å². The van der Waals surface area contributed by atoms with E-state index in [9.17, 15) is 8.42 Å². The van der Waals surface area contributed by atoms with Crippen LogP contribution in [0.2, 0.25) is 0 Å². The van der Waals surface area contributed by atoms with Crippen LogP contribution in [0.15, 0.2) is 17.6 Å². The van der Waals surface area contributed by atoms with E-state index in [-0.39, 0.29) is 5.03 Å². The maximum atomic E-state index is 12.2. The molecule has 0 spiro atoms. The zero-order valence-corrected chi connectivity index (χ0v) is 10.9. The third-order valence-corrected chi connectivity index (χ3v) is 5.07. The summed E-state index contributed by atoms with van der Waals surface area (Å²) in [5, 5.41) is 0.181. The lowest BCUT2D eigenvalue weighted by atomic mass is 10.1. The second-order valence-corrected chi connectivity index (χ2v) is 6.42. The highest BCUT2D eigenvalue weighted by Crippen LogP contribution is 2.20. The van der Waals surface area contributed by atoms with E-state index in [4.69, 9.17) is 0 Å². The van der Waals surface area contributed by atoms with E-state index in [1.807, 2.05) is 14.1 Å². The van der Waals surface area contributed by atoms with Gasteiger partial charge in [0.25, 0.3) is 10.0 Å². The summed E-state index contributed by atoms with van der Waals surface area (Å²) in [5.74, 6) is 0. The lowest BCUT2D eigenvalue weighted by Crippen LogP contribution is -2.44. The van der Waals surface area contributed by atoms with Crippen molar-refractivity contribution < 1.29 is 8.42 Å². The molecule has 7 heteroatoms. The van der Waals surface area contributed by atoms with Crippen molar-refractivity contribution in [2.75, 3.05) is 27.2 Å². The number of nitrogens with zero attached hydrogens (tertiary/aromatic N) is 3. The van der Waals surface area contributed by atoms with Crippen LogP contribution < -0.4 is 0 Å². The van der Waals surface area contributed by atoms with Crippen molar-refractivity contribution >= 4 is 10.0 Å². The second kappa shape index (κ2) is 4.75. The minimum Gasteiger partial charge on any atom is -0.335 e. The van der Waals surface area contributed by atoms with Gasteiger partial charge in [-0.25, -0.2) is 13.4 Å². The molecule has 1 aromatic heterocycles. The number of rotatable bonds is 3. The fourth-order valence-corrected chi connectivity index (χ4v) is 3.49. The molecule has 1 aliphatic rings. The summed E-state index contributed by atoms with van der Waals surface area (Å²) in [5.41, 5.74) is 0. The van der Waals surface area contributed by atoms with Gasteiger partial charge in [-0.2, -0.15) is 4.31 Å².